The summed E-state index contributed by atoms with van der Waals surface area (Å²) in [7, 11) is 0. The lowest BCUT2D eigenvalue weighted by molar-refractivity contribution is -0.133. The van der Waals surface area contributed by atoms with Crippen LogP contribution in [0, 0.1) is 5.92 Å². The molecule has 21 heavy (non-hydrogen) atoms. The maximum Gasteiger partial charge on any atom is 0.413 e. The van der Waals surface area contributed by atoms with Gasteiger partial charge in [-0.15, -0.1) is 0 Å². The zero-order chi connectivity index (χ0) is 15.2. The van der Waals surface area contributed by atoms with Crippen molar-refractivity contribution >= 4 is 12.0 Å². The summed E-state index contributed by atoms with van der Waals surface area (Å²) in [5.74, 6) is 0.458. The molecule has 0 aliphatic carbocycles. The molecule has 1 atom stereocenters. The van der Waals surface area contributed by atoms with Crippen LogP contribution in [0.5, 0.6) is 5.75 Å². The van der Waals surface area contributed by atoms with Gasteiger partial charge in [0.05, 0.1) is 0 Å². The standard InChI is InChI=1S/C16H22N2O3/c1-12(2)14(15(19)18-10-6-7-11-18)17-16(20)21-13-8-4-3-5-9-13/h3-5,8-9,12,14H,6-7,10-11H2,1-2H3,(H,17,20)/t14-/m1/s1. The maximum absolute atomic E-state index is 12.4. The highest BCUT2D eigenvalue weighted by Crippen LogP contribution is 2.14. The van der Waals surface area contributed by atoms with Crippen molar-refractivity contribution in [2.75, 3.05) is 13.1 Å². The van der Waals surface area contributed by atoms with Crippen molar-refractivity contribution < 1.29 is 14.3 Å². The number of hydrogen-bond acceptors (Lipinski definition) is 3. The van der Waals surface area contributed by atoms with Crippen molar-refractivity contribution in [2.45, 2.75) is 32.7 Å². The zero-order valence-corrected chi connectivity index (χ0v) is 12.5. The van der Waals surface area contributed by atoms with Crippen molar-refractivity contribution in [2.24, 2.45) is 5.92 Å². The topological polar surface area (TPSA) is 58.6 Å². The minimum atomic E-state index is -0.590. The van der Waals surface area contributed by atoms with Crippen LogP contribution in [-0.2, 0) is 4.79 Å². The van der Waals surface area contributed by atoms with E-state index in [1.54, 1.807) is 24.3 Å². The van der Waals surface area contributed by atoms with Gasteiger partial charge in [0, 0.05) is 13.1 Å². The van der Waals surface area contributed by atoms with Crippen LogP contribution in [0.3, 0.4) is 0 Å². The number of carbonyl (C=O) groups excluding carboxylic acids is 2. The number of rotatable bonds is 4. The van der Waals surface area contributed by atoms with E-state index in [-0.39, 0.29) is 11.8 Å². The molecule has 1 aliphatic rings. The summed E-state index contributed by atoms with van der Waals surface area (Å²) in [6, 6.07) is 8.28. The van der Waals surface area contributed by atoms with E-state index in [2.05, 4.69) is 5.32 Å². The molecule has 2 amide bonds. The molecule has 2 rings (SSSR count). The number of nitrogens with one attached hydrogen (secondary N) is 1. The first-order valence-electron chi connectivity index (χ1n) is 7.40. The van der Waals surface area contributed by atoms with E-state index >= 15 is 0 Å². The Labute approximate surface area is 125 Å². The molecule has 1 saturated heterocycles. The van der Waals surface area contributed by atoms with Gasteiger partial charge in [-0.2, -0.15) is 0 Å². The molecule has 1 fully saturated rings. The third-order valence-electron chi connectivity index (χ3n) is 3.58. The maximum atomic E-state index is 12.4. The molecule has 0 spiro atoms. The quantitative estimate of drug-likeness (QED) is 0.926. The van der Waals surface area contributed by atoms with Crippen LogP contribution >= 0.6 is 0 Å². The van der Waals surface area contributed by atoms with Crippen molar-refractivity contribution in [1.82, 2.24) is 10.2 Å². The van der Waals surface area contributed by atoms with E-state index in [4.69, 9.17) is 4.74 Å². The Morgan fingerprint density at radius 3 is 2.33 bits per heavy atom. The Balaban J connectivity index is 1.95. The first-order chi connectivity index (χ1) is 10.1. The van der Waals surface area contributed by atoms with Crippen LogP contribution in [0.2, 0.25) is 0 Å². The number of hydrogen-bond donors (Lipinski definition) is 1. The smallest absolute Gasteiger partial charge is 0.410 e. The summed E-state index contributed by atoms with van der Waals surface area (Å²) >= 11 is 0. The second-order valence-electron chi connectivity index (χ2n) is 5.60. The second-order valence-corrected chi connectivity index (χ2v) is 5.60. The lowest BCUT2D eigenvalue weighted by Gasteiger charge is -2.26. The molecule has 1 aromatic carbocycles. The van der Waals surface area contributed by atoms with Gasteiger partial charge in [0.2, 0.25) is 5.91 Å². The van der Waals surface area contributed by atoms with Crippen LogP contribution in [0.1, 0.15) is 26.7 Å². The second kappa shape index (κ2) is 7.11. The van der Waals surface area contributed by atoms with E-state index in [1.807, 2.05) is 24.8 Å². The van der Waals surface area contributed by atoms with Gasteiger partial charge in [-0.05, 0) is 30.9 Å². The van der Waals surface area contributed by atoms with Crippen molar-refractivity contribution in [3.05, 3.63) is 30.3 Å². The molecule has 0 bridgehead atoms. The van der Waals surface area contributed by atoms with Crippen LogP contribution in [-0.4, -0.2) is 36.0 Å². The highest BCUT2D eigenvalue weighted by molar-refractivity contribution is 5.86. The average Bonchev–Trinajstić information content (AvgIpc) is 2.99. The van der Waals surface area contributed by atoms with Gasteiger partial charge in [-0.3, -0.25) is 4.79 Å². The van der Waals surface area contributed by atoms with Crippen LogP contribution < -0.4 is 10.1 Å². The molecule has 0 unspecified atom stereocenters. The van der Waals surface area contributed by atoms with Gasteiger partial charge in [0.15, 0.2) is 0 Å². The fraction of sp³-hybridized carbons (Fsp3) is 0.500. The normalized spacial score (nSPS) is 15.9. The summed E-state index contributed by atoms with van der Waals surface area (Å²) in [5.41, 5.74) is 0. The van der Waals surface area contributed by atoms with E-state index in [0.29, 0.717) is 5.75 Å². The number of benzene rings is 1. The Kier molecular flexibility index (Phi) is 5.20. The summed E-state index contributed by atoms with van der Waals surface area (Å²) in [6.07, 6.45) is 1.48. The number of nitrogens with zero attached hydrogens (tertiary/aromatic N) is 1. The van der Waals surface area contributed by atoms with Gasteiger partial charge >= 0.3 is 6.09 Å². The predicted octanol–water partition coefficient (Wildman–Crippen LogP) is 2.42. The Morgan fingerprint density at radius 1 is 1.14 bits per heavy atom. The molecule has 0 radical (unpaired) electrons. The number of ether oxygens (including phenoxy) is 1. The SMILES string of the molecule is CC(C)[C@@H](NC(=O)Oc1ccccc1)C(=O)N1CCCC1. The van der Waals surface area contributed by atoms with E-state index in [0.717, 1.165) is 25.9 Å². The number of likely N-dealkylation sites (tertiary alicyclic amines) is 1. The molecule has 1 aromatic rings. The summed E-state index contributed by atoms with van der Waals surface area (Å²) in [4.78, 5) is 26.2. The third kappa shape index (κ3) is 4.21. The van der Waals surface area contributed by atoms with Crippen molar-refractivity contribution in [1.29, 1.82) is 0 Å². The summed E-state index contributed by atoms with van der Waals surface area (Å²) in [5, 5.41) is 2.69. The molecule has 5 nitrogen and oxygen atoms in total. The van der Waals surface area contributed by atoms with Gasteiger partial charge in [-0.25, -0.2) is 4.79 Å². The Bertz CT molecular complexity index is 482. The average molecular weight is 290 g/mol. The van der Waals surface area contributed by atoms with Crippen LogP contribution in [0.4, 0.5) is 4.79 Å². The highest BCUT2D eigenvalue weighted by atomic mass is 16.6. The molecule has 1 heterocycles. The summed E-state index contributed by atoms with van der Waals surface area (Å²) in [6.45, 7) is 5.39. The molecule has 1 aliphatic heterocycles. The number of carbonyl (C=O) groups is 2. The first-order valence-corrected chi connectivity index (χ1v) is 7.40. The highest BCUT2D eigenvalue weighted by Gasteiger charge is 2.30. The van der Waals surface area contributed by atoms with E-state index in [1.165, 1.54) is 0 Å². The Hall–Kier alpha value is -2.04. The lowest BCUT2D eigenvalue weighted by Crippen LogP contribution is -2.51. The zero-order valence-electron chi connectivity index (χ0n) is 12.5. The molecule has 0 saturated carbocycles. The number of para-hydroxylation sites is 1. The van der Waals surface area contributed by atoms with Gasteiger partial charge in [0.1, 0.15) is 11.8 Å². The van der Waals surface area contributed by atoms with E-state index < -0.39 is 12.1 Å². The number of amides is 2. The van der Waals surface area contributed by atoms with Gasteiger partial charge in [-0.1, -0.05) is 32.0 Å². The fourth-order valence-electron chi connectivity index (χ4n) is 2.40. The molecule has 0 aromatic heterocycles. The van der Waals surface area contributed by atoms with Gasteiger partial charge in [0.25, 0.3) is 0 Å². The van der Waals surface area contributed by atoms with Crippen molar-refractivity contribution in [3.63, 3.8) is 0 Å². The molecular formula is C16H22N2O3. The minimum absolute atomic E-state index is 0.0152. The molecule has 5 heteroatoms. The first kappa shape index (κ1) is 15.4. The molecular weight excluding hydrogens is 268 g/mol. The Morgan fingerprint density at radius 2 is 1.76 bits per heavy atom. The molecule has 114 valence electrons. The predicted molar refractivity (Wildman–Crippen MR) is 80.0 cm³/mol. The lowest BCUT2D eigenvalue weighted by atomic mass is 10.0. The minimum Gasteiger partial charge on any atom is -0.410 e. The van der Waals surface area contributed by atoms with Crippen LogP contribution in [0.15, 0.2) is 30.3 Å². The van der Waals surface area contributed by atoms with Gasteiger partial charge < -0.3 is 15.0 Å². The third-order valence-corrected chi connectivity index (χ3v) is 3.58. The largest absolute Gasteiger partial charge is 0.413 e. The van der Waals surface area contributed by atoms with E-state index in [9.17, 15) is 9.59 Å². The van der Waals surface area contributed by atoms with Crippen LogP contribution in [0.25, 0.3) is 0 Å². The van der Waals surface area contributed by atoms with Crippen molar-refractivity contribution in [3.8, 4) is 5.75 Å². The fourth-order valence-corrected chi connectivity index (χ4v) is 2.40. The summed E-state index contributed by atoms with van der Waals surface area (Å²) < 4.78 is 5.19. The molecule has 1 N–H and O–H groups in total. The monoisotopic (exact) mass is 290 g/mol.